The summed E-state index contributed by atoms with van der Waals surface area (Å²) in [6, 6.07) is 13.3. The summed E-state index contributed by atoms with van der Waals surface area (Å²) in [6.07, 6.45) is 0. The Morgan fingerprint density at radius 2 is 2.00 bits per heavy atom. The van der Waals surface area contributed by atoms with Crippen LogP contribution in [0.5, 0.6) is 0 Å². The molecule has 0 heterocycles. The number of carbonyl (C=O) groups excluding carboxylic acids is 1. The quantitative estimate of drug-likeness (QED) is 0.868. The fourth-order valence-electron chi connectivity index (χ4n) is 1.87. The zero-order valence-corrected chi connectivity index (χ0v) is 14.2. The van der Waals surface area contributed by atoms with Crippen molar-refractivity contribution in [3.05, 3.63) is 63.1 Å². The van der Waals surface area contributed by atoms with Crippen LogP contribution in [0.25, 0.3) is 0 Å². The molecule has 21 heavy (non-hydrogen) atoms. The number of halogens is 2. The predicted octanol–water partition coefficient (Wildman–Crippen LogP) is 4.42. The van der Waals surface area contributed by atoms with E-state index >= 15 is 0 Å². The van der Waals surface area contributed by atoms with Crippen LogP contribution >= 0.6 is 27.5 Å². The van der Waals surface area contributed by atoms with Crippen LogP contribution in [0.15, 0.2) is 46.9 Å². The van der Waals surface area contributed by atoms with Gasteiger partial charge in [0, 0.05) is 36.4 Å². The van der Waals surface area contributed by atoms with Crippen LogP contribution in [0.4, 0.5) is 5.69 Å². The molecule has 0 aliphatic heterocycles. The van der Waals surface area contributed by atoms with E-state index in [-0.39, 0.29) is 5.91 Å². The van der Waals surface area contributed by atoms with Gasteiger partial charge in [-0.1, -0.05) is 23.7 Å². The number of nitrogens with zero attached hydrogens (tertiary/aromatic N) is 1. The molecule has 0 saturated carbocycles. The van der Waals surface area contributed by atoms with E-state index in [0.717, 1.165) is 15.7 Å². The summed E-state index contributed by atoms with van der Waals surface area (Å²) in [5.74, 6) is -0.00895. The van der Waals surface area contributed by atoms with Crippen molar-refractivity contribution < 1.29 is 4.79 Å². The van der Waals surface area contributed by atoms with Gasteiger partial charge in [-0.3, -0.25) is 4.79 Å². The van der Waals surface area contributed by atoms with Gasteiger partial charge in [-0.2, -0.15) is 0 Å². The molecular weight excluding hydrogens is 352 g/mol. The molecule has 2 rings (SSSR count). The SMILES string of the molecule is CN(C)C(=O)c1cccc(NCc2ccc(Br)c(Cl)c2)c1. The van der Waals surface area contributed by atoms with Gasteiger partial charge in [0.25, 0.3) is 5.91 Å². The number of amides is 1. The lowest BCUT2D eigenvalue weighted by Crippen LogP contribution is -2.21. The molecule has 0 spiro atoms. The second-order valence-electron chi connectivity index (χ2n) is 4.88. The van der Waals surface area contributed by atoms with Gasteiger partial charge >= 0.3 is 0 Å². The summed E-state index contributed by atoms with van der Waals surface area (Å²) >= 11 is 9.44. The molecule has 0 aliphatic carbocycles. The smallest absolute Gasteiger partial charge is 0.253 e. The monoisotopic (exact) mass is 366 g/mol. The Hall–Kier alpha value is -1.52. The van der Waals surface area contributed by atoms with Crippen LogP contribution in [0, 0.1) is 0 Å². The summed E-state index contributed by atoms with van der Waals surface area (Å²) < 4.78 is 0.881. The Kier molecular flexibility index (Phi) is 5.26. The van der Waals surface area contributed by atoms with Gasteiger partial charge in [0.2, 0.25) is 0 Å². The number of anilines is 1. The molecule has 1 N–H and O–H groups in total. The lowest BCUT2D eigenvalue weighted by Gasteiger charge is -2.12. The Morgan fingerprint density at radius 3 is 2.67 bits per heavy atom. The highest BCUT2D eigenvalue weighted by atomic mass is 79.9. The number of hydrogen-bond donors (Lipinski definition) is 1. The van der Waals surface area contributed by atoms with Crippen molar-refractivity contribution in [1.82, 2.24) is 4.90 Å². The molecule has 110 valence electrons. The summed E-state index contributed by atoms with van der Waals surface area (Å²) in [4.78, 5) is 13.5. The maximum absolute atomic E-state index is 11.9. The molecule has 2 aromatic carbocycles. The number of hydrogen-bond acceptors (Lipinski definition) is 2. The lowest BCUT2D eigenvalue weighted by molar-refractivity contribution is 0.0827. The molecule has 0 fully saturated rings. The van der Waals surface area contributed by atoms with Crippen LogP contribution in [-0.4, -0.2) is 24.9 Å². The van der Waals surface area contributed by atoms with Crippen molar-refractivity contribution in [3.63, 3.8) is 0 Å². The van der Waals surface area contributed by atoms with Crippen molar-refractivity contribution in [2.24, 2.45) is 0 Å². The molecule has 0 atom stereocenters. The third-order valence-electron chi connectivity index (χ3n) is 3.00. The highest BCUT2D eigenvalue weighted by Gasteiger charge is 2.08. The first-order chi connectivity index (χ1) is 9.97. The molecule has 5 heteroatoms. The molecule has 3 nitrogen and oxygen atoms in total. The van der Waals surface area contributed by atoms with E-state index in [1.165, 1.54) is 0 Å². The highest BCUT2D eigenvalue weighted by molar-refractivity contribution is 9.10. The average Bonchev–Trinajstić information content (AvgIpc) is 2.48. The molecule has 0 saturated heterocycles. The number of benzene rings is 2. The molecule has 1 amide bonds. The van der Waals surface area contributed by atoms with E-state index in [9.17, 15) is 4.79 Å². The van der Waals surface area contributed by atoms with Crippen LogP contribution in [0.1, 0.15) is 15.9 Å². The van der Waals surface area contributed by atoms with Crippen LogP contribution in [0.2, 0.25) is 5.02 Å². The summed E-state index contributed by atoms with van der Waals surface area (Å²) in [5, 5.41) is 3.98. The largest absolute Gasteiger partial charge is 0.381 e. The average molecular weight is 368 g/mol. The van der Waals surface area contributed by atoms with Gasteiger partial charge in [-0.25, -0.2) is 0 Å². The van der Waals surface area contributed by atoms with Crippen molar-refractivity contribution in [1.29, 1.82) is 0 Å². The van der Waals surface area contributed by atoms with E-state index in [4.69, 9.17) is 11.6 Å². The first-order valence-electron chi connectivity index (χ1n) is 6.47. The van der Waals surface area contributed by atoms with Gasteiger partial charge in [-0.15, -0.1) is 0 Å². The zero-order valence-electron chi connectivity index (χ0n) is 11.9. The van der Waals surface area contributed by atoms with Crippen LogP contribution in [0.3, 0.4) is 0 Å². The standard InChI is InChI=1S/C16H16BrClN2O/c1-20(2)16(21)12-4-3-5-13(9-12)19-10-11-6-7-14(17)15(18)8-11/h3-9,19H,10H2,1-2H3. The molecule has 0 aromatic heterocycles. The fourth-order valence-corrected chi connectivity index (χ4v) is 2.32. The number of nitrogens with one attached hydrogen (secondary N) is 1. The van der Waals surface area contributed by atoms with Crippen LogP contribution < -0.4 is 5.32 Å². The van der Waals surface area contributed by atoms with E-state index in [1.807, 2.05) is 42.5 Å². The van der Waals surface area contributed by atoms with E-state index < -0.39 is 0 Å². The van der Waals surface area contributed by atoms with Crippen molar-refractivity contribution in [3.8, 4) is 0 Å². The van der Waals surface area contributed by atoms with E-state index in [0.29, 0.717) is 17.1 Å². The molecule has 0 bridgehead atoms. The van der Waals surface area contributed by atoms with E-state index in [2.05, 4.69) is 21.2 Å². The summed E-state index contributed by atoms with van der Waals surface area (Å²) in [6.45, 7) is 0.645. The second-order valence-corrected chi connectivity index (χ2v) is 6.14. The van der Waals surface area contributed by atoms with Crippen LogP contribution in [-0.2, 0) is 6.54 Å². The minimum absolute atomic E-state index is 0.00895. The highest BCUT2D eigenvalue weighted by Crippen LogP contribution is 2.23. The summed E-state index contributed by atoms with van der Waals surface area (Å²) in [5.41, 5.74) is 2.65. The maximum atomic E-state index is 11.9. The zero-order chi connectivity index (χ0) is 15.4. The second kappa shape index (κ2) is 6.96. The van der Waals surface area contributed by atoms with Crippen molar-refractivity contribution in [2.45, 2.75) is 6.54 Å². The van der Waals surface area contributed by atoms with Gasteiger partial charge in [0.15, 0.2) is 0 Å². The number of carbonyl (C=O) groups is 1. The van der Waals surface area contributed by atoms with Gasteiger partial charge in [0.05, 0.1) is 5.02 Å². The Balaban J connectivity index is 2.08. The van der Waals surface area contributed by atoms with Gasteiger partial charge < -0.3 is 10.2 Å². The van der Waals surface area contributed by atoms with E-state index in [1.54, 1.807) is 19.0 Å². The molecule has 0 radical (unpaired) electrons. The molecule has 0 unspecified atom stereocenters. The first-order valence-corrected chi connectivity index (χ1v) is 7.64. The minimum atomic E-state index is -0.00895. The van der Waals surface area contributed by atoms with Gasteiger partial charge in [-0.05, 0) is 51.8 Å². The van der Waals surface area contributed by atoms with Crippen molar-refractivity contribution >= 4 is 39.1 Å². The first kappa shape index (κ1) is 15.9. The van der Waals surface area contributed by atoms with Crippen molar-refractivity contribution in [2.75, 3.05) is 19.4 Å². The van der Waals surface area contributed by atoms with Gasteiger partial charge in [0.1, 0.15) is 0 Å². The summed E-state index contributed by atoms with van der Waals surface area (Å²) in [7, 11) is 3.48. The third-order valence-corrected chi connectivity index (χ3v) is 4.23. The maximum Gasteiger partial charge on any atom is 0.253 e. The lowest BCUT2D eigenvalue weighted by atomic mass is 10.1. The Morgan fingerprint density at radius 1 is 1.24 bits per heavy atom. The predicted molar refractivity (Wildman–Crippen MR) is 90.9 cm³/mol. The fraction of sp³-hybridized carbons (Fsp3) is 0.188. The normalized spacial score (nSPS) is 10.3. The minimum Gasteiger partial charge on any atom is -0.381 e. The Labute approximate surface area is 138 Å². The third kappa shape index (κ3) is 4.22. The number of rotatable bonds is 4. The topological polar surface area (TPSA) is 32.3 Å². The molecule has 2 aromatic rings. The molecule has 0 aliphatic rings. The Bertz CT molecular complexity index is 658. The molecular formula is C16H16BrClN2O.